The molecule has 4 nitrogen and oxygen atoms in total. The number of benzene rings is 2. The third kappa shape index (κ3) is 14.0. The maximum absolute atomic E-state index is 10.3. The Labute approximate surface area is 151 Å². The van der Waals surface area contributed by atoms with Crippen LogP contribution in [0, 0.1) is 0 Å². The van der Waals surface area contributed by atoms with Crippen LogP contribution in [-0.4, -0.2) is 16.1 Å². The van der Waals surface area contributed by atoms with Crippen molar-refractivity contribution in [2.45, 2.75) is 0 Å². The smallest absolute Gasteiger partial charge is 0.872 e. The third-order valence-corrected chi connectivity index (χ3v) is 1.50. The molecule has 88 valence electrons. The van der Waals surface area contributed by atoms with Crippen LogP contribution in [0.4, 0.5) is 0 Å². The van der Waals surface area contributed by atoms with Gasteiger partial charge in [-0.2, -0.15) is 0 Å². The molecular formula is C12H14Na2O4. The first-order chi connectivity index (χ1) is 6.79. The molecule has 18 heavy (non-hydrogen) atoms. The topological polar surface area (TPSA) is 105 Å². The molecule has 0 amide bonds. The Kier molecular flexibility index (Phi) is 25.0. The van der Waals surface area contributed by atoms with Crippen LogP contribution in [0.15, 0.2) is 60.7 Å². The minimum Gasteiger partial charge on any atom is -0.872 e. The fourth-order valence-electron chi connectivity index (χ4n) is 0.848. The van der Waals surface area contributed by atoms with E-state index in [1.165, 1.54) is 12.1 Å². The van der Waals surface area contributed by atoms with Crippen molar-refractivity contribution in [1.82, 2.24) is 0 Å². The van der Waals surface area contributed by atoms with Crippen molar-refractivity contribution >= 4 is 0 Å². The van der Waals surface area contributed by atoms with Gasteiger partial charge in [0.25, 0.3) is 0 Å². The van der Waals surface area contributed by atoms with E-state index < -0.39 is 0 Å². The zero-order valence-corrected chi connectivity index (χ0v) is 14.6. The van der Waals surface area contributed by atoms with Crippen molar-refractivity contribution in [1.29, 1.82) is 0 Å². The van der Waals surface area contributed by atoms with Crippen LogP contribution in [0.5, 0.6) is 11.5 Å². The van der Waals surface area contributed by atoms with Gasteiger partial charge in [0.15, 0.2) is 0 Å². The minimum absolute atomic E-state index is 0. The van der Waals surface area contributed by atoms with Gasteiger partial charge in [-0.15, -0.1) is 5.75 Å². The molecule has 2 aromatic rings. The van der Waals surface area contributed by atoms with Gasteiger partial charge in [-0.25, -0.2) is 0 Å². The summed E-state index contributed by atoms with van der Waals surface area (Å²) in [4.78, 5) is 0. The molecule has 0 aromatic heterocycles. The molecule has 0 fully saturated rings. The van der Waals surface area contributed by atoms with Gasteiger partial charge in [0.1, 0.15) is 5.75 Å². The summed E-state index contributed by atoms with van der Waals surface area (Å²) in [7, 11) is 0. The summed E-state index contributed by atoms with van der Waals surface area (Å²) in [6.45, 7) is 0. The van der Waals surface area contributed by atoms with E-state index >= 15 is 0 Å². The zero-order chi connectivity index (χ0) is 10.2. The Hall–Kier alpha value is -0.0400. The normalized spacial score (nSPS) is 6.67. The molecule has 0 aliphatic rings. The minimum atomic E-state index is 0. The average molecular weight is 268 g/mol. The maximum Gasteiger partial charge on any atom is 1.00 e. The molecule has 0 saturated carbocycles. The molecule has 2 aromatic carbocycles. The first-order valence-corrected chi connectivity index (χ1v) is 4.25. The zero-order valence-electron chi connectivity index (χ0n) is 10.6. The number of hydrogen-bond donors (Lipinski definition) is 1. The summed E-state index contributed by atoms with van der Waals surface area (Å²) in [5.41, 5.74) is 0. The Balaban J connectivity index is -0.0000000891. The molecule has 0 aliphatic heterocycles. The van der Waals surface area contributed by atoms with Crippen molar-refractivity contribution in [3.8, 4) is 11.5 Å². The molecule has 0 bridgehead atoms. The van der Waals surface area contributed by atoms with Crippen molar-refractivity contribution < 1.29 is 80.3 Å². The van der Waals surface area contributed by atoms with Gasteiger partial charge in [-0.05, 0) is 12.1 Å². The fourth-order valence-corrected chi connectivity index (χ4v) is 0.848. The van der Waals surface area contributed by atoms with Gasteiger partial charge in [-0.3, -0.25) is 0 Å². The van der Waals surface area contributed by atoms with Crippen LogP contribution in [0.25, 0.3) is 0 Å². The van der Waals surface area contributed by atoms with Crippen LogP contribution >= 0.6 is 0 Å². The third-order valence-electron chi connectivity index (χ3n) is 1.50. The molecule has 0 unspecified atom stereocenters. The number of rotatable bonds is 0. The van der Waals surface area contributed by atoms with E-state index in [1.54, 1.807) is 36.4 Å². The van der Waals surface area contributed by atoms with E-state index in [2.05, 4.69) is 0 Å². The Morgan fingerprint density at radius 3 is 1.22 bits per heavy atom. The molecule has 2 rings (SSSR count). The van der Waals surface area contributed by atoms with E-state index in [0.29, 0.717) is 5.75 Å². The second kappa shape index (κ2) is 17.0. The van der Waals surface area contributed by atoms with E-state index in [1.807, 2.05) is 12.1 Å². The monoisotopic (exact) mass is 268 g/mol. The standard InChI is InChI=1S/2C6H6O.2Na.2H2O/c2*7-6-4-2-1-3-5-6;;;;/h2*1-5,7H;;;2*1H2/q;;2*+1;;/p-2. The van der Waals surface area contributed by atoms with Crippen LogP contribution in [0.2, 0.25) is 0 Å². The molecule has 4 N–H and O–H groups in total. The average Bonchev–Trinajstić information content (AvgIpc) is 2.21. The largest absolute Gasteiger partial charge is 1.00 e. The second-order valence-electron chi connectivity index (χ2n) is 2.65. The van der Waals surface area contributed by atoms with Gasteiger partial charge in [-0.1, -0.05) is 48.5 Å². The van der Waals surface area contributed by atoms with Gasteiger partial charge < -0.3 is 21.2 Å². The van der Waals surface area contributed by atoms with Gasteiger partial charge >= 0.3 is 59.1 Å². The predicted molar refractivity (Wildman–Crippen MR) is 59.5 cm³/mol. The van der Waals surface area contributed by atoms with Gasteiger partial charge in [0, 0.05) is 0 Å². The molecule has 0 aliphatic carbocycles. The van der Waals surface area contributed by atoms with E-state index in [9.17, 15) is 5.11 Å². The molecule has 0 atom stereocenters. The summed E-state index contributed by atoms with van der Waals surface area (Å²) in [5.74, 6) is 0.394. The number of phenolic OH excluding ortho intramolecular Hbond substituents is 1. The van der Waals surface area contributed by atoms with Crippen LogP contribution in [0.3, 0.4) is 0 Å². The summed E-state index contributed by atoms with van der Waals surface area (Å²) < 4.78 is 0. The van der Waals surface area contributed by atoms with Crippen molar-refractivity contribution in [3.05, 3.63) is 60.7 Å². The summed E-state index contributed by atoms with van der Waals surface area (Å²) in [5, 5.41) is 18.9. The molecule has 0 heterocycles. The number of hydrogen-bond acceptors (Lipinski definition) is 3. The Bertz CT molecular complexity index is 319. The predicted octanol–water partition coefficient (Wildman–Crippen LogP) is -4.84. The molecule has 6 heteroatoms. The SMILES string of the molecule is O.Oc1ccccc1.[Na+].[Na+].[O-]c1ccccc1.[OH-]. The number of phenols is 1. The van der Waals surface area contributed by atoms with E-state index in [4.69, 9.17) is 5.11 Å². The van der Waals surface area contributed by atoms with Crippen molar-refractivity contribution in [3.63, 3.8) is 0 Å². The summed E-state index contributed by atoms with van der Waals surface area (Å²) >= 11 is 0. The maximum atomic E-state index is 10.3. The quantitative estimate of drug-likeness (QED) is 0.484. The first-order valence-electron chi connectivity index (χ1n) is 4.25. The number of aromatic hydroxyl groups is 1. The molecule has 0 radical (unpaired) electrons. The Morgan fingerprint density at radius 1 is 0.722 bits per heavy atom. The van der Waals surface area contributed by atoms with E-state index in [0.717, 1.165) is 0 Å². The Morgan fingerprint density at radius 2 is 1.06 bits per heavy atom. The summed E-state index contributed by atoms with van der Waals surface area (Å²) in [6.07, 6.45) is 0. The van der Waals surface area contributed by atoms with E-state index in [-0.39, 0.29) is 75.8 Å². The molecule has 0 spiro atoms. The number of para-hydroxylation sites is 2. The second-order valence-corrected chi connectivity index (χ2v) is 2.65. The van der Waals surface area contributed by atoms with Crippen LogP contribution in [0.1, 0.15) is 0 Å². The molecule has 0 saturated heterocycles. The van der Waals surface area contributed by atoms with Gasteiger partial charge in [0.2, 0.25) is 0 Å². The van der Waals surface area contributed by atoms with Gasteiger partial charge in [0.05, 0.1) is 0 Å². The van der Waals surface area contributed by atoms with Crippen molar-refractivity contribution in [2.24, 2.45) is 0 Å². The van der Waals surface area contributed by atoms with Crippen LogP contribution in [-0.2, 0) is 0 Å². The van der Waals surface area contributed by atoms with Crippen LogP contribution < -0.4 is 64.2 Å². The first kappa shape index (κ1) is 26.5. The fraction of sp³-hybridized carbons (Fsp3) is 0. The molecular weight excluding hydrogens is 254 g/mol. The summed E-state index contributed by atoms with van der Waals surface area (Å²) in [6, 6.07) is 17.0. The van der Waals surface area contributed by atoms with Crippen molar-refractivity contribution in [2.75, 3.05) is 0 Å².